The van der Waals surface area contributed by atoms with Crippen molar-refractivity contribution < 1.29 is 13.9 Å². The van der Waals surface area contributed by atoms with E-state index in [4.69, 9.17) is 9.15 Å². The van der Waals surface area contributed by atoms with Crippen molar-refractivity contribution in [2.75, 3.05) is 4.43 Å². The van der Waals surface area contributed by atoms with Crippen LogP contribution in [0.3, 0.4) is 0 Å². The van der Waals surface area contributed by atoms with Gasteiger partial charge in [0.15, 0.2) is 16.8 Å². The van der Waals surface area contributed by atoms with E-state index in [0.29, 0.717) is 34.7 Å². The Labute approximate surface area is 146 Å². The summed E-state index contributed by atoms with van der Waals surface area (Å²) in [6.45, 7) is 0. The summed E-state index contributed by atoms with van der Waals surface area (Å²) in [5.41, 5.74) is 1.59. The number of esters is 1. The maximum absolute atomic E-state index is 11.8. The summed E-state index contributed by atoms with van der Waals surface area (Å²) >= 11 is 2.28. The van der Waals surface area contributed by atoms with E-state index in [1.165, 1.54) is 12.1 Å². The predicted molar refractivity (Wildman–Crippen MR) is 95.3 cm³/mol. The molecule has 0 atom stereocenters. The molecular weight excluding hydrogens is 409 g/mol. The fourth-order valence-electron chi connectivity index (χ4n) is 2.20. The lowest BCUT2D eigenvalue weighted by atomic mass is 10.2. The molecule has 2 aliphatic rings. The molecule has 0 unspecified atom stereocenters. The lowest BCUT2D eigenvalue weighted by Crippen LogP contribution is -2.07. The van der Waals surface area contributed by atoms with Crippen LogP contribution >= 0.6 is 22.6 Å². The van der Waals surface area contributed by atoms with E-state index in [0.717, 1.165) is 17.3 Å². The van der Waals surface area contributed by atoms with Crippen molar-refractivity contribution in [1.29, 1.82) is 0 Å². The molecule has 0 saturated carbocycles. The van der Waals surface area contributed by atoms with E-state index < -0.39 is 0 Å². The van der Waals surface area contributed by atoms with Gasteiger partial charge in [-0.2, -0.15) is 0 Å². The Balaban J connectivity index is 1.86. The molecule has 0 saturated heterocycles. The quantitative estimate of drug-likeness (QED) is 0.156. The van der Waals surface area contributed by atoms with E-state index in [1.807, 2.05) is 0 Å². The molecule has 0 N–H and O–H groups in total. The van der Waals surface area contributed by atoms with Gasteiger partial charge in [0.2, 0.25) is 0 Å². The van der Waals surface area contributed by atoms with E-state index >= 15 is 0 Å². The van der Waals surface area contributed by atoms with Crippen molar-refractivity contribution in [3.63, 3.8) is 0 Å². The molecule has 0 radical (unpaired) electrons. The lowest BCUT2D eigenvalue weighted by molar-refractivity contribution is -0.134. The largest absolute Gasteiger partial charge is 0.453 e. The van der Waals surface area contributed by atoms with Crippen molar-refractivity contribution in [2.24, 2.45) is 0 Å². The Bertz CT molecular complexity index is 874. The fraction of sp³-hybridized carbons (Fsp3) is 0.235. The Morgan fingerprint density at radius 3 is 2.87 bits per heavy atom. The summed E-state index contributed by atoms with van der Waals surface area (Å²) in [6.07, 6.45) is 2.21. The van der Waals surface area contributed by atoms with Crippen molar-refractivity contribution in [3.05, 3.63) is 46.6 Å². The summed E-state index contributed by atoms with van der Waals surface area (Å²) in [7, 11) is 0. The number of hydrogen-bond donors (Lipinski definition) is 0. The molecule has 1 aromatic rings. The van der Waals surface area contributed by atoms with E-state index in [-0.39, 0.29) is 11.4 Å². The first-order chi connectivity index (χ1) is 11.2. The third kappa shape index (κ3) is 3.87. The molecule has 0 spiro atoms. The molecule has 1 heterocycles. The average Bonchev–Trinajstić information content (AvgIpc) is 2.53. The van der Waals surface area contributed by atoms with Crippen LogP contribution in [0.2, 0.25) is 0 Å². The number of carbonyl (C=O) groups excluding carboxylic acids is 1. The zero-order chi connectivity index (χ0) is 16.2. The highest BCUT2D eigenvalue weighted by Crippen LogP contribution is 2.26. The van der Waals surface area contributed by atoms with Gasteiger partial charge in [-0.05, 0) is 41.5 Å². The van der Waals surface area contributed by atoms with Gasteiger partial charge in [-0.15, -0.1) is 0 Å². The molecule has 23 heavy (non-hydrogen) atoms. The first-order valence-electron chi connectivity index (χ1n) is 7.27. The monoisotopic (exact) mass is 423 g/mol. The summed E-state index contributed by atoms with van der Waals surface area (Å²) in [5, 5.41) is 0. The fourth-order valence-corrected chi connectivity index (χ4v) is 2.73. The molecule has 1 aromatic carbocycles. The Morgan fingerprint density at radius 1 is 1.17 bits per heavy atom. The van der Waals surface area contributed by atoms with Crippen LogP contribution in [0, 0.1) is 0 Å². The molecule has 118 valence electrons. The van der Waals surface area contributed by atoms with E-state index in [1.54, 1.807) is 24.3 Å². The first-order valence-corrected chi connectivity index (χ1v) is 8.79. The number of unbranched alkanes of at least 4 members (excludes halogenated alkanes) is 1. The van der Waals surface area contributed by atoms with Crippen LogP contribution in [0.25, 0.3) is 22.6 Å². The highest BCUT2D eigenvalue weighted by atomic mass is 127. The van der Waals surface area contributed by atoms with Gasteiger partial charge in [-0.1, -0.05) is 22.6 Å². The molecule has 3 rings (SSSR count). The third-order valence-corrected chi connectivity index (χ3v) is 4.08. The van der Waals surface area contributed by atoms with Gasteiger partial charge in [0.25, 0.3) is 0 Å². The van der Waals surface area contributed by atoms with Gasteiger partial charge in [-0.3, -0.25) is 9.59 Å². The number of rotatable bonds is 5. The smallest absolute Gasteiger partial charge is 0.311 e. The number of carbonyl (C=O) groups is 1. The summed E-state index contributed by atoms with van der Waals surface area (Å²) in [4.78, 5) is 27.6. The SMILES string of the molecule is O=C(CCCCI)Oc1ccc2nc3ccc(=O)cc-3oc2c1. The second-order valence-electron chi connectivity index (χ2n) is 5.09. The first kappa shape index (κ1) is 15.9. The molecule has 1 aliphatic carbocycles. The molecular formula is C17H14INO4. The molecule has 6 heteroatoms. The summed E-state index contributed by atoms with van der Waals surface area (Å²) in [5.74, 6) is 0.570. The Morgan fingerprint density at radius 2 is 2.04 bits per heavy atom. The normalized spacial score (nSPS) is 11.0. The number of aromatic nitrogens is 1. The Hall–Kier alpha value is -1.96. The second-order valence-corrected chi connectivity index (χ2v) is 6.17. The zero-order valence-electron chi connectivity index (χ0n) is 12.3. The van der Waals surface area contributed by atoms with Crippen LogP contribution in [0.15, 0.2) is 45.6 Å². The molecule has 1 aliphatic heterocycles. The highest BCUT2D eigenvalue weighted by molar-refractivity contribution is 14.1. The minimum absolute atomic E-state index is 0.139. The van der Waals surface area contributed by atoms with E-state index in [2.05, 4.69) is 27.6 Å². The summed E-state index contributed by atoms with van der Waals surface area (Å²) < 4.78 is 12.0. The van der Waals surface area contributed by atoms with Crippen LogP contribution in [0.5, 0.6) is 5.75 Å². The molecule has 0 bridgehead atoms. The van der Waals surface area contributed by atoms with Gasteiger partial charge in [0, 0.05) is 18.6 Å². The number of alkyl halides is 1. The zero-order valence-corrected chi connectivity index (χ0v) is 14.4. The standard InChI is InChI=1S/C17H14INO4/c18-8-2-1-3-17(21)22-12-5-7-14-16(10-12)23-15-9-11(20)4-6-13(15)19-14/h4-7,9-10H,1-3,8H2. The predicted octanol–water partition coefficient (Wildman–Crippen LogP) is 3.80. The van der Waals surface area contributed by atoms with E-state index in [9.17, 15) is 9.59 Å². The maximum atomic E-state index is 11.8. The van der Waals surface area contributed by atoms with Gasteiger partial charge < -0.3 is 9.15 Å². The third-order valence-electron chi connectivity index (χ3n) is 3.32. The Kier molecular flexibility index (Phi) is 4.90. The second kappa shape index (κ2) is 7.08. The van der Waals surface area contributed by atoms with Crippen LogP contribution < -0.4 is 10.2 Å². The molecule has 0 aromatic heterocycles. The molecule has 5 nitrogen and oxygen atoms in total. The highest BCUT2D eigenvalue weighted by Gasteiger charge is 2.11. The van der Waals surface area contributed by atoms with Gasteiger partial charge in [0.1, 0.15) is 17.0 Å². The van der Waals surface area contributed by atoms with Crippen molar-refractivity contribution in [2.45, 2.75) is 19.3 Å². The van der Waals surface area contributed by atoms with Gasteiger partial charge in [0.05, 0.1) is 0 Å². The van der Waals surface area contributed by atoms with Crippen LogP contribution in [0.4, 0.5) is 0 Å². The number of benzene rings is 2. The van der Waals surface area contributed by atoms with Crippen LogP contribution in [-0.4, -0.2) is 15.4 Å². The topological polar surface area (TPSA) is 69.4 Å². The van der Waals surface area contributed by atoms with Crippen LogP contribution in [-0.2, 0) is 4.79 Å². The lowest BCUT2D eigenvalue weighted by Gasteiger charge is -2.07. The number of halogens is 1. The minimum Gasteiger partial charge on any atom is -0.453 e. The number of fused-ring (bicyclic) bond motifs is 2. The van der Waals surface area contributed by atoms with Gasteiger partial charge >= 0.3 is 5.97 Å². The molecule has 0 fully saturated rings. The van der Waals surface area contributed by atoms with Gasteiger partial charge in [-0.25, -0.2) is 4.98 Å². The summed E-state index contributed by atoms with van der Waals surface area (Å²) in [6, 6.07) is 9.51. The maximum Gasteiger partial charge on any atom is 0.311 e. The van der Waals surface area contributed by atoms with Crippen molar-refractivity contribution in [1.82, 2.24) is 4.98 Å². The van der Waals surface area contributed by atoms with Crippen molar-refractivity contribution >= 4 is 39.7 Å². The van der Waals surface area contributed by atoms with Crippen LogP contribution in [0.1, 0.15) is 19.3 Å². The molecule has 0 amide bonds. The minimum atomic E-state index is -0.259. The number of nitrogens with zero attached hydrogens (tertiary/aromatic N) is 1. The average molecular weight is 423 g/mol. The number of ether oxygens (including phenoxy) is 1. The van der Waals surface area contributed by atoms with Crippen molar-refractivity contribution in [3.8, 4) is 17.2 Å². The number of hydrogen-bond acceptors (Lipinski definition) is 5.